The molecule has 35 heavy (non-hydrogen) atoms. The molecule has 13 heteroatoms. The summed E-state index contributed by atoms with van der Waals surface area (Å²) >= 11 is 0.958. The summed E-state index contributed by atoms with van der Waals surface area (Å²) in [6, 6.07) is 15.4. The molecular formula is C22H20F3N5O3S2. The van der Waals surface area contributed by atoms with E-state index in [9.17, 15) is 26.4 Å². The first-order chi connectivity index (χ1) is 16.5. The molecular weight excluding hydrogens is 503 g/mol. The van der Waals surface area contributed by atoms with Gasteiger partial charge in [0.05, 0.1) is 5.69 Å². The molecule has 184 valence electrons. The lowest BCUT2D eigenvalue weighted by Crippen LogP contribution is -2.23. The second-order valence-corrected chi connectivity index (χ2v) is 11.0. The third-order valence-corrected chi connectivity index (χ3v) is 8.50. The van der Waals surface area contributed by atoms with Crippen LogP contribution in [0, 0.1) is 0 Å². The Balaban J connectivity index is 1.36. The van der Waals surface area contributed by atoms with Crippen molar-refractivity contribution in [2.45, 2.75) is 17.2 Å². The van der Waals surface area contributed by atoms with Crippen molar-refractivity contribution < 1.29 is 26.4 Å². The summed E-state index contributed by atoms with van der Waals surface area (Å²) in [7, 11) is -2.48. The van der Waals surface area contributed by atoms with E-state index < -0.39 is 32.5 Å². The van der Waals surface area contributed by atoms with Crippen molar-refractivity contribution >= 4 is 49.8 Å². The maximum Gasteiger partial charge on any atom is 0.435 e. The quantitative estimate of drug-likeness (QED) is 0.405. The van der Waals surface area contributed by atoms with Crippen LogP contribution in [0.15, 0.2) is 66.7 Å². The van der Waals surface area contributed by atoms with Crippen molar-refractivity contribution in [3.8, 4) is 0 Å². The third-order valence-electron chi connectivity index (χ3n) is 4.96. The van der Waals surface area contributed by atoms with E-state index in [1.165, 1.54) is 19.2 Å². The van der Waals surface area contributed by atoms with Crippen molar-refractivity contribution in [3.63, 3.8) is 0 Å². The summed E-state index contributed by atoms with van der Waals surface area (Å²) in [5.41, 5.74) is 0.527. The van der Waals surface area contributed by atoms with Gasteiger partial charge in [-0.1, -0.05) is 24.3 Å². The maximum atomic E-state index is 12.9. The lowest BCUT2D eigenvalue weighted by Gasteiger charge is -2.14. The van der Waals surface area contributed by atoms with Crippen LogP contribution in [0.1, 0.15) is 17.8 Å². The Labute approximate surface area is 203 Å². The van der Waals surface area contributed by atoms with Crippen LogP contribution in [-0.4, -0.2) is 28.8 Å². The topological polar surface area (TPSA) is 105 Å². The third kappa shape index (κ3) is 5.98. The number of sulfonamides is 1. The molecule has 0 spiro atoms. The van der Waals surface area contributed by atoms with Crippen molar-refractivity contribution in [1.29, 1.82) is 0 Å². The summed E-state index contributed by atoms with van der Waals surface area (Å²) in [5, 5.41) is 8.79. The molecule has 1 aliphatic rings. The minimum atomic E-state index is -4.59. The smallest absolute Gasteiger partial charge is 0.308 e. The Morgan fingerprint density at radius 1 is 1.03 bits per heavy atom. The number of alkyl halides is 3. The van der Waals surface area contributed by atoms with Gasteiger partial charge in [-0.15, -0.1) is 11.8 Å². The highest BCUT2D eigenvalue weighted by molar-refractivity contribution is 8.19. The normalized spacial score (nSPS) is 16.0. The van der Waals surface area contributed by atoms with Gasteiger partial charge in [0.15, 0.2) is 5.69 Å². The number of carbonyl (C=O) groups excluding carboxylic acids is 1. The molecule has 0 bridgehead atoms. The first kappa shape index (κ1) is 24.7. The summed E-state index contributed by atoms with van der Waals surface area (Å²) in [4.78, 5) is 12.5. The number of benzene rings is 2. The van der Waals surface area contributed by atoms with Crippen LogP contribution < -0.4 is 15.4 Å². The Morgan fingerprint density at radius 2 is 1.63 bits per heavy atom. The number of amides is 2. The number of nitrogens with one attached hydrogen (secondary N) is 3. The van der Waals surface area contributed by atoms with Gasteiger partial charge in [-0.2, -0.15) is 18.3 Å². The highest BCUT2D eigenvalue weighted by Crippen LogP contribution is 2.43. The lowest BCUT2D eigenvalue weighted by molar-refractivity contribution is -0.141. The number of hydrogen-bond acceptors (Lipinski definition) is 5. The molecule has 8 nitrogen and oxygen atoms in total. The van der Waals surface area contributed by atoms with Crippen molar-refractivity contribution in [2.24, 2.45) is 7.05 Å². The van der Waals surface area contributed by atoms with Crippen molar-refractivity contribution in [1.82, 2.24) is 9.78 Å². The van der Waals surface area contributed by atoms with E-state index in [0.29, 0.717) is 16.3 Å². The number of urea groups is 1. The molecule has 0 aliphatic carbocycles. The van der Waals surface area contributed by atoms with E-state index in [0.717, 1.165) is 22.5 Å². The number of aromatic nitrogens is 2. The van der Waals surface area contributed by atoms with E-state index in [1.54, 1.807) is 42.5 Å². The fourth-order valence-corrected chi connectivity index (χ4v) is 6.19. The number of thioether (sulfide) groups is 1. The van der Waals surface area contributed by atoms with Gasteiger partial charge in [0.1, 0.15) is 4.58 Å². The fourth-order valence-electron chi connectivity index (χ4n) is 3.30. The predicted octanol–water partition coefficient (Wildman–Crippen LogP) is 5.33. The lowest BCUT2D eigenvalue weighted by atomic mass is 10.3. The van der Waals surface area contributed by atoms with Crippen LogP contribution in [0.5, 0.6) is 0 Å². The van der Waals surface area contributed by atoms with Crippen molar-refractivity contribution in [2.75, 3.05) is 15.4 Å². The first-order valence-electron chi connectivity index (χ1n) is 10.2. The number of carbonyl (C=O) groups is 1. The Bertz CT molecular complexity index is 1360. The van der Waals surface area contributed by atoms with Gasteiger partial charge in [-0.25, -0.2) is 13.2 Å². The van der Waals surface area contributed by atoms with E-state index in [1.807, 2.05) is 6.07 Å². The molecule has 1 atom stereocenters. The number of nitrogens with zero attached hydrogens (tertiary/aromatic N) is 2. The molecule has 2 heterocycles. The van der Waals surface area contributed by atoms with Gasteiger partial charge in [0, 0.05) is 29.0 Å². The molecule has 1 aromatic heterocycles. The number of aryl methyl sites for hydroxylation is 1. The Hall–Kier alpha value is -3.45. The summed E-state index contributed by atoms with van der Waals surface area (Å²) in [6.07, 6.45) is -2.87. The van der Waals surface area contributed by atoms with Gasteiger partial charge in [0.2, 0.25) is 10.0 Å². The minimum absolute atomic E-state index is 0.126. The molecule has 2 aromatic carbocycles. The van der Waals surface area contributed by atoms with Crippen LogP contribution in [0.25, 0.3) is 4.91 Å². The van der Waals surface area contributed by atoms with E-state index in [-0.39, 0.29) is 17.8 Å². The zero-order valence-electron chi connectivity index (χ0n) is 18.2. The van der Waals surface area contributed by atoms with Crippen LogP contribution in [0.3, 0.4) is 0 Å². The molecule has 0 saturated heterocycles. The second kappa shape index (κ2) is 9.66. The van der Waals surface area contributed by atoms with E-state index in [4.69, 9.17) is 0 Å². The molecule has 0 radical (unpaired) electrons. The maximum absolute atomic E-state index is 12.9. The number of anilines is 3. The molecule has 0 saturated carbocycles. The predicted molar refractivity (Wildman–Crippen MR) is 130 cm³/mol. The highest BCUT2D eigenvalue weighted by Gasteiger charge is 2.37. The fraction of sp³-hybridized carbons (Fsp3) is 0.182. The average Bonchev–Trinajstić information content (AvgIpc) is 3.43. The second-order valence-electron chi connectivity index (χ2n) is 7.56. The standard InChI is InChI=1S/C22H20F3N5O3S2/c1-30-17(13-19(28-30)22(23,24)25)18-11-12-20(34-18)35(32,33)29-16-9-7-15(8-10-16)27-21(31)26-14-5-3-2-4-6-14/h2-11,13,20,29H,12H2,1H3,(H2,26,27,31). The van der Waals surface area contributed by atoms with Crippen LogP contribution in [0.4, 0.5) is 35.0 Å². The molecule has 1 aliphatic heterocycles. The first-order valence-corrected chi connectivity index (χ1v) is 12.7. The molecule has 0 fully saturated rings. The number of rotatable bonds is 6. The van der Waals surface area contributed by atoms with Crippen LogP contribution in [-0.2, 0) is 23.2 Å². The SMILES string of the molecule is Cn1nc(C(F)(F)F)cc1C1=CCC(S(=O)(=O)Nc2ccc(NC(=O)Nc3ccccc3)cc2)S1. The number of hydrogen-bond donors (Lipinski definition) is 3. The number of halogens is 3. The van der Waals surface area contributed by atoms with Gasteiger partial charge in [-0.05, 0) is 48.9 Å². The van der Waals surface area contributed by atoms with E-state index >= 15 is 0 Å². The largest absolute Gasteiger partial charge is 0.435 e. The van der Waals surface area contributed by atoms with Crippen LogP contribution in [0.2, 0.25) is 0 Å². The number of para-hydroxylation sites is 1. The summed E-state index contributed by atoms with van der Waals surface area (Å²) in [6.45, 7) is 0. The summed E-state index contributed by atoms with van der Waals surface area (Å²) < 4.78 is 67.2. The average molecular weight is 524 g/mol. The summed E-state index contributed by atoms with van der Waals surface area (Å²) in [5.74, 6) is 0. The zero-order chi connectivity index (χ0) is 25.2. The van der Waals surface area contributed by atoms with Gasteiger partial charge in [0.25, 0.3) is 0 Å². The van der Waals surface area contributed by atoms with Crippen LogP contribution >= 0.6 is 11.8 Å². The van der Waals surface area contributed by atoms with E-state index in [2.05, 4.69) is 20.5 Å². The molecule has 2 amide bonds. The molecule has 3 aromatic rings. The highest BCUT2D eigenvalue weighted by atomic mass is 32.3. The Kier molecular flexibility index (Phi) is 6.81. The van der Waals surface area contributed by atoms with Gasteiger partial charge >= 0.3 is 12.2 Å². The molecule has 1 unspecified atom stereocenters. The Morgan fingerprint density at radius 3 is 2.23 bits per heavy atom. The number of allylic oxidation sites excluding steroid dienone is 1. The molecule has 3 N–H and O–H groups in total. The van der Waals surface area contributed by atoms with Crippen molar-refractivity contribution in [3.05, 3.63) is 78.1 Å². The monoisotopic (exact) mass is 523 g/mol. The minimum Gasteiger partial charge on any atom is -0.308 e. The van der Waals surface area contributed by atoms with Gasteiger partial charge < -0.3 is 10.6 Å². The molecule has 4 rings (SSSR count). The van der Waals surface area contributed by atoms with Gasteiger partial charge in [-0.3, -0.25) is 9.40 Å². The zero-order valence-corrected chi connectivity index (χ0v) is 19.8.